The van der Waals surface area contributed by atoms with Gasteiger partial charge in [0.2, 0.25) is 0 Å². The number of rotatable bonds is 5. The van der Waals surface area contributed by atoms with Crippen LogP contribution >= 0.6 is 11.3 Å². The number of urea groups is 1. The molecule has 0 aromatic carbocycles. The van der Waals surface area contributed by atoms with E-state index in [2.05, 4.69) is 18.3 Å². The molecule has 0 aliphatic carbocycles. The second-order valence-electron chi connectivity index (χ2n) is 5.08. The van der Waals surface area contributed by atoms with Crippen LogP contribution in [0.1, 0.15) is 30.2 Å². The van der Waals surface area contributed by atoms with Crippen molar-refractivity contribution in [1.29, 1.82) is 0 Å². The molecule has 0 bridgehead atoms. The number of amides is 2. The maximum atomic E-state index is 12.0. The monoisotopic (exact) mass is 296 g/mol. The molecule has 1 aliphatic heterocycles. The van der Waals surface area contributed by atoms with Crippen molar-refractivity contribution in [3.63, 3.8) is 0 Å². The van der Waals surface area contributed by atoms with Crippen LogP contribution in [0.15, 0.2) is 11.4 Å². The quantitative estimate of drug-likeness (QED) is 0.876. The zero-order valence-electron chi connectivity index (χ0n) is 11.6. The highest BCUT2D eigenvalue weighted by molar-refractivity contribution is 7.10. The Bertz CT molecular complexity index is 487. The number of nitrogens with one attached hydrogen (secondary N) is 1. The average Bonchev–Trinajstić information content (AvgIpc) is 3.03. The number of nitrogens with zero attached hydrogens (tertiary/aromatic N) is 1. The molecule has 2 rings (SSSR count). The number of likely N-dealkylation sites (tertiary alicyclic amines) is 1. The molecular weight excluding hydrogens is 276 g/mol. The van der Waals surface area contributed by atoms with Gasteiger partial charge in [-0.25, -0.2) is 4.79 Å². The van der Waals surface area contributed by atoms with Crippen LogP contribution in [0.4, 0.5) is 4.79 Å². The summed E-state index contributed by atoms with van der Waals surface area (Å²) in [6.07, 6.45) is 1.90. The van der Waals surface area contributed by atoms with Crippen LogP contribution in [-0.2, 0) is 17.8 Å². The van der Waals surface area contributed by atoms with Gasteiger partial charge in [0.05, 0.1) is 6.54 Å². The fourth-order valence-corrected chi connectivity index (χ4v) is 3.45. The molecule has 2 amide bonds. The predicted molar refractivity (Wildman–Crippen MR) is 77.9 cm³/mol. The summed E-state index contributed by atoms with van der Waals surface area (Å²) in [5, 5.41) is 13.7. The molecule has 2 N–H and O–H groups in total. The SMILES string of the molecule is CCc1ccsc1CNC(=O)N1CCC(CC(=O)O)C1. The van der Waals surface area contributed by atoms with Crippen LogP contribution in [-0.4, -0.2) is 35.1 Å². The van der Waals surface area contributed by atoms with Gasteiger partial charge < -0.3 is 15.3 Å². The molecule has 0 saturated carbocycles. The standard InChI is InChI=1S/C14H20N2O3S/c1-2-11-4-6-20-12(11)8-15-14(19)16-5-3-10(9-16)7-13(17)18/h4,6,10H,2-3,5,7-9H2,1H3,(H,15,19)(H,17,18). The molecule has 1 unspecified atom stereocenters. The van der Waals surface area contributed by atoms with Gasteiger partial charge in [-0.1, -0.05) is 6.92 Å². The van der Waals surface area contributed by atoms with Crippen LogP contribution in [0, 0.1) is 5.92 Å². The van der Waals surface area contributed by atoms with Crippen molar-refractivity contribution >= 4 is 23.3 Å². The normalized spacial score (nSPS) is 18.2. The van der Waals surface area contributed by atoms with E-state index >= 15 is 0 Å². The van der Waals surface area contributed by atoms with Crippen LogP contribution in [0.3, 0.4) is 0 Å². The Morgan fingerprint density at radius 2 is 2.35 bits per heavy atom. The molecule has 20 heavy (non-hydrogen) atoms. The van der Waals surface area contributed by atoms with Crippen molar-refractivity contribution < 1.29 is 14.7 Å². The van der Waals surface area contributed by atoms with Crippen LogP contribution < -0.4 is 5.32 Å². The molecule has 1 aromatic heterocycles. The summed E-state index contributed by atoms with van der Waals surface area (Å²) in [5.41, 5.74) is 1.28. The highest BCUT2D eigenvalue weighted by atomic mass is 32.1. The van der Waals surface area contributed by atoms with Gasteiger partial charge in [-0.05, 0) is 35.8 Å². The Balaban J connectivity index is 1.80. The highest BCUT2D eigenvalue weighted by Gasteiger charge is 2.27. The molecule has 6 heteroatoms. The fraction of sp³-hybridized carbons (Fsp3) is 0.571. The molecule has 110 valence electrons. The minimum absolute atomic E-state index is 0.0891. The first-order valence-corrected chi connectivity index (χ1v) is 7.78. The summed E-state index contributed by atoms with van der Waals surface area (Å²) in [4.78, 5) is 25.6. The topological polar surface area (TPSA) is 69.6 Å². The number of aryl methyl sites for hydroxylation is 1. The summed E-state index contributed by atoms with van der Waals surface area (Å²) in [7, 11) is 0. The van der Waals surface area contributed by atoms with E-state index in [4.69, 9.17) is 5.11 Å². The second kappa shape index (κ2) is 6.74. The lowest BCUT2D eigenvalue weighted by Gasteiger charge is -2.17. The first kappa shape index (κ1) is 14.8. The molecule has 1 aromatic rings. The van der Waals surface area contributed by atoms with Crippen molar-refractivity contribution in [1.82, 2.24) is 10.2 Å². The van der Waals surface area contributed by atoms with E-state index in [1.807, 2.05) is 5.38 Å². The van der Waals surface area contributed by atoms with Gasteiger partial charge >= 0.3 is 12.0 Å². The zero-order valence-corrected chi connectivity index (χ0v) is 12.4. The Labute approximate surface area is 122 Å². The van der Waals surface area contributed by atoms with E-state index in [0.29, 0.717) is 19.6 Å². The van der Waals surface area contributed by atoms with Crippen LogP contribution in [0.25, 0.3) is 0 Å². The summed E-state index contributed by atoms with van der Waals surface area (Å²) >= 11 is 1.66. The number of aliphatic carboxylic acids is 1. The third-order valence-electron chi connectivity index (χ3n) is 3.66. The van der Waals surface area contributed by atoms with E-state index in [9.17, 15) is 9.59 Å². The fourth-order valence-electron chi connectivity index (χ4n) is 2.54. The van der Waals surface area contributed by atoms with Crippen LogP contribution in [0.2, 0.25) is 0 Å². The Kier molecular flexibility index (Phi) is 5.00. The molecule has 1 saturated heterocycles. The van der Waals surface area contributed by atoms with E-state index in [1.54, 1.807) is 16.2 Å². The number of hydrogen-bond acceptors (Lipinski definition) is 3. The van der Waals surface area contributed by atoms with Gasteiger partial charge in [0, 0.05) is 24.4 Å². The number of carbonyl (C=O) groups is 2. The number of thiophene rings is 1. The van der Waals surface area contributed by atoms with Gasteiger partial charge in [-0.15, -0.1) is 11.3 Å². The molecule has 0 radical (unpaired) electrons. The molecule has 1 atom stereocenters. The largest absolute Gasteiger partial charge is 0.481 e. The van der Waals surface area contributed by atoms with Gasteiger partial charge in [0.25, 0.3) is 0 Å². The third kappa shape index (κ3) is 3.72. The Morgan fingerprint density at radius 1 is 1.55 bits per heavy atom. The van der Waals surface area contributed by atoms with Crippen molar-refractivity contribution in [3.05, 3.63) is 21.9 Å². The van der Waals surface area contributed by atoms with E-state index < -0.39 is 5.97 Å². The minimum atomic E-state index is -0.788. The first-order chi connectivity index (χ1) is 9.60. The smallest absolute Gasteiger partial charge is 0.317 e. The molecular formula is C14H20N2O3S. The van der Waals surface area contributed by atoms with Gasteiger partial charge in [-0.2, -0.15) is 0 Å². The third-order valence-corrected chi connectivity index (χ3v) is 4.62. The van der Waals surface area contributed by atoms with Gasteiger partial charge in [0.15, 0.2) is 0 Å². The van der Waals surface area contributed by atoms with Crippen molar-refractivity contribution in [3.8, 4) is 0 Å². The van der Waals surface area contributed by atoms with E-state index in [0.717, 1.165) is 12.8 Å². The maximum Gasteiger partial charge on any atom is 0.317 e. The average molecular weight is 296 g/mol. The summed E-state index contributed by atoms with van der Waals surface area (Å²) in [5.74, 6) is -0.699. The van der Waals surface area contributed by atoms with Gasteiger partial charge in [0.1, 0.15) is 0 Å². The summed E-state index contributed by atoms with van der Waals surface area (Å²) in [6.45, 7) is 3.85. The zero-order chi connectivity index (χ0) is 14.5. The molecule has 1 aliphatic rings. The minimum Gasteiger partial charge on any atom is -0.481 e. The molecule has 0 spiro atoms. The lowest BCUT2D eigenvalue weighted by molar-refractivity contribution is -0.138. The van der Waals surface area contributed by atoms with Crippen LogP contribution in [0.5, 0.6) is 0 Å². The van der Waals surface area contributed by atoms with E-state index in [-0.39, 0.29) is 18.4 Å². The predicted octanol–water partition coefficient (Wildman–Crippen LogP) is 2.32. The molecule has 2 heterocycles. The van der Waals surface area contributed by atoms with Crippen molar-refractivity contribution in [2.45, 2.75) is 32.7 Å². The van der Waals surface area contributed by atoms with Crippen molar-refractivity contribution in [2.24, 2.45) is 5.92 Å². The molecule has 5 nitrogen and oxygen atoms in total. The van der Waals surface area contributed by atoms with E-state index in [1.165, 1.54) is 10.4 Å². The van der Waals surface area contributed by atoms with Gasteiger partial charge in [-0.3, -0.25) is 4.79 Å². The Hall–Kier alpha value is -1.56. The summed E-state index contributed by atoms with van der Waals surface area (Å²) < 4.78 is 0. The number of hydrogen-bond donors (Lipinski definition) is 2. The maximum absolute atomic E-state index is 12.0. The number of carboxylic acids is 1. The Morgan fingerprint density at radius 3 is 3.05 bits per heavy atom. The lowest BCUT2D eigenvalue weighted by Crippen LogP contribution is -2.38. The number of carbonyl (C=O) groups excluding carboxylic acids is 1. The lowest BCUT2D eigenvalue weighted by atomic mass is 10.1. The molecule has 1 fully saturated rings. The first-order valence-electron chi connectivity index (χ1n) is 6.90. The van der Waals surface area contributed by atoms with Crippen molar-refractivity contribution in [2.75, 3.05) is 13.1 Å². The second-order valence-corrected chi connectivity index (χ2v) is 6.08. The summed E-state index contributed by atoms with van der Waals surface area (Å²) in [6, 6.07) is 2.00. The highest BCUT2D eigenvalue weighted by Crippen LogP contribution is 2.20. The number of carboxylic acid groups (broad SMARTS) is 1.